The second kappa shape index (κ2) is 11.3. The first-order valence-corrected chi connectivity index (χ1v) is 12.7. The van der Waals surface area contributed by atoms with Crippen molar-refractivity contribution >= 4 is 5.91 Å². The van der Waals surface area contributed by atoms with E-state index in [4.69, 9.17) is 5.73 Å². The number of amides is 1. The molecule has 2 atom stereocenters. The highest BCUT2D eigenvalue weighted by Gasteiger charge is 2.51. The van der Waals surface area contributed by atoms with E-state index in [1.165, 1.54) is 11.4 Å². The molecule has 1 aliphatic carbocycles. The number of aromatic nitrogens is 2. The van der Waals surface area contributed by atoms with Crippen molar-refractivity contribution in [2.75, 3.05) is 0 Å². The average Bonchev–Trinajstić information content (AvgIpc) is 3.54. The normalized spacial score (nSPS) is 17.5. The van der Waals surface area contributed by atoms with Gasteiger partial charge in [-0.15, -0.1) is 0 Å². The Morgan fingerprint density at radius 3 is 2.00 bits per heavy atom. The first kappa shape index (κ1) is 25.9. The number of hydrogen-bond donors (Lipinski definition) is 1. The van der Waals surface area contributed by atoms with Gasteiger partial charge in [-0.25, -0.2) is 9.13 Å². The van der Waals surface area contributed by atoms with Gasteiger partial charge < -0.3 is 22.7 Å². The van der Waals surface area contributed by atoms with E-state index < -0.39 is 5.41 Å². The minimum Gasteiger partial charge on any atom is -1.00 e. The van der Waals surface area contributed by atoms with Crippen LogP contribution in [0, 0.1) is 5.92 Å². The molecular weight excluding hydrogens is 510 g/mol. The van der Waals surface area contributed by atoms with Crippen LogP contribution < -0.4 is 27.3 Å². The third-order valence-corrected chi connectivity index (χ3v) is 7.81. The molecule has 5 heteroatoms. The molecule has 4 nitrogen and oxygen atoms in total. The topological polar surface area (TPSA) is 51.9 Å². The van der Waals surface area contributed by atoms with E-state index in [1.807, 2.05) is 36.4 Å². The number of rotatable bonds is 8. The highest BCUT2D eigenvalue weighted by atomic mass is 79.9. The minimum atomic E-state index is -0.836. The number of carbonyl (C=O) groups excluding carboxylic acids is 1. The maximum absolute atomic E-state index is 13.4. The Balaban J connectivity index is 0.00000304. The van der Waals surface area contributed by atoms with Crippen molar-refractivity contribution in [1.29, 1.82) is 0 Å². The zero-order valence-electron chi connectivity index (χ0n) is 20.8. The largest absolute Gasteiger partial charge is 1.00 e. The number of imidazole rings is 1. The quantitative estimate of drug-likeness (QED) is 0.340. The van der Waals surface area contributed by atoms with Gasteiger partial charge in [-0.3, -0.25) is 4.79 Å². The Morgan fingerprint density at radius 1 is 0.917 bits per heavy atom. The van der Waals surface area contributed by atoms with Gasteiger partial charge in [0.1, 0.15) is 30.4 Å². The summed E-state index contributed by atoms with van der Waals surface area (Å²) in [6, 6.07) is 31.2. The molecule has 0 spiro atoms. The van der Waals surface area contributed by atoms with Crippen molar-refractivity contribution in [1.82, 2.24) is 4.57 Å². The van der Waals surface area contributed by atoms with Crippen molar-refractivity contribution in [2.24, 2.45) is 11.7 Å². The molecule has 0 radical (unpaired) electrons. The summed E-state index contributed by atoms with van der Waals surface area (Å²) in [7, 11) is 0. The van der Waals surface area contributed by atoms with Crippen LogP contribution in [0.3, 0.4) is 0 Å². The summed E-state index contributed by atoms with van der Waals surface area (Å²) in [4.78, 5) is 13.4. The molecular formula is C31H34BrN3O. The molecule has 1 aromatic heterocycles. The lowest BCUT2D eigenvalue weighted by Crippen LogP contribution is -3.00. The zero-order valence-corrected chi connectivity index (χ0v) is 22.3. The first-order valence-electron chi connectivity index (χ1n) is 12.7. The number of halogens is 1. The first-order chi connectivity index (χ1) is 17.1. The molecule has 1 amide bonds. The van der Waals surface area contributed by atoms with E-state index in [0.717, 1.165) is 43.4 Å². The minimum absolute atomic E-state index is 0. The van der Waals surface area contributed by atoms with E-state index in [0.29, 0.717) is 6.04 Å². The van der Waals surface area contributed by atoms with Crippen molar-refractivity contribution < 1.29 is 26.3 Å². The second-order valence-electron chi connectivity index (χ2n) is 9.66. The molecule has 36 heavy (non-hydrogen) atoms. The summed E-state index contributed by atoms with van der Waals surface area (Å²) in [5.41, 5.74) is 8.75. The Labute approximate surface area is 224 Å². The number of nitrogens with zero attached hydrogens (tertiary/aromatic N) is 2. The standard InChI is InChI=1S/C31H33N3O.BrH/c1-2-29-33(23-24-12-6-3-7-13-24)20-21-34(29)28-19-18-27(22-28)31(30(32)35,25-14-8-4-9-15-25)26-16-10-5-11-17-26;/h3-17,20-21,27-28H,2,18-19,22-23H2,1H3,(H-,32,35);1H/t27-,28+;/m1./s1. The molecule has 5 rings (SSSR count). The highest BCUT2D eigenvalue weighted by Crippen LogP contribution is 2.50. The number of carbonyl (C=O) groups is 1. The van der Waals surface area contributed by atoms with Crippen molar-refractivity contribution in [3.05, 3.63) is 126 Å². The predicted molar refractivity (Wildman–Crippen MR) is 139 cm³/mol. The van der Waals surface area contributed by atoms with Crippen LogP contribution in [0.4, 0.5) is 0 Å². The maximum atomic E-state index is 13.4. The van der Waals surface area contributed by atoms with Gasteiger partial charge in [-0.2, -0.15) is 0 Å². The molecule has 1 aliphatic rings. The summed E-state index contributed by atoms with van der Waals surface area (Å²) < 4.78 is 4.81. The Bertz CT molecular complexity index is 1230. The summed E-state index contributed by atoms with van der Waals surface area (Å²) in [5, 5.41) is 0. The van der Waals surface area contributed by atoms with Crippen LogP contribution in [-0.4, -0.2) is 10.5 Å². The monoisotopic (exact) mass is 543 g/mol. The lowest BCUT2D eigenvalue weighted by Gasteiger charge is -2.37. The van der Waals surface area contributed by atoms with E-state index in [1.54, 1.807) is 0 Å². The average molecular weight is 545 g/mol. The molecule has 0 aliphatic heterocycles. The van der Waals surface area contributed by atoms with Crippen molar-refractivity contribution in [2.45, 2.75) is 50.6 Å². The SMILES string of the molecule is CCc1n([C@H]2CC[C@@H](C(C(N)=O)(c3ccccc3)c3ccccc3)C2)cc[n+]1Cc1ccccc1.[Br-]. The highest BCUT2D eigenvalue weighted by molar-refractivity contribution is 5.91. The Hall–Kier alpha value is -3.18. The summed E-state index contributed by atoms with van der Waals surface area (Å²) >= 11 is 0. The van der Waals surface area contributed by atoms with Gasteiger partial charge in [0.15, 0.2) is 0 Å². The lowest BCUT2D eigenvalue weighted by molar-refractivity contribution is -0.695. The fourth-order valence-corrected chi connectivity index (χ4v) is 6.24. The number of primary amides is 1. The molecule has 0 bridgehead atoms. The number of hydrogen-bond acceptors (Lipinski definition) is 1. The number of benzene rings is 3. The Morgan fingerprint density at radius 2 is 1.47 bits per heavy atom. The van der Waals surface area contributed by atoms with Gasteiger partial charge in [0.2, 0.25) is 5.91 Å². The molecule has 0 unspecified atom stereocenters. The molecule has 1 saturated carbocycles. The van der Waals surface area contributed by atoms with Crippen LogP contribution in [0.1, 0.15) is 54.7 Å². The molecule has 186 valence electrons. The predicted octanol–water partition coefficient (Wildman–Crippen LogP) is 2.20. The van der Waals surface area contributed by atoms with Crippen LogP contribution in [0.2, 0.25) is 0 Å². The van der Waals surface area contributed by atoms with E-state index in [2.05, 4.69) is 83.0 Å². The van der Waals surface area contributed by atoms with E-state index >= 15 is 0 Å². The third-order valence-electron chi connectivity index (χ3n) is 7.81. The van der Waals surface area contributed by atoms with Crippen molar-refractivity contribution in [3.63, 3.8) is 0 Å². The van der Waals surface area contributed by atoms with Gasteiger partial charge in [0, 0.05) is 6.42 Å². The van der Waals surface area contributed by atoms with Gasteiger partial charge in [0.25, 0.3) is 5.82 Å². The van der Waals surface area contributed by atoms with E-state index in [9.17, 15) is 4.79 Å². The zero-order chi connectivity index (χ0) is 24.3. The third kappa shape index (κ3) is 4.64. The van der Waals surface area contributed by atoms with Crippen LogP contribution >= 0.6 is 0 Å². The summed E-state index contributed by atoms with van der Waals surface area (Å²) in [6.45, 7) is 3.09. The van der Waals surface area contributed by atoms with Crippen LogP contribution in [0.15, 0.2) is 103 Å². The lowest BCUT2D eigenvalue weighted by atomic mass is 9.64. The molecule has 2 N–H and O–H groups in total. The van der Waals surface area contributed by atoms with Crippen LogP contribution in [-0.2, 0) is 23.2 Å². The fourth-order valence-electron chi connectivity index (χ4n) is 6.24. The second-order valence-corrected chi connectivity index (χ2v) is 9.66. The molecule has 4 aromatic rings. The molecule has 3 aromatic carbocycles. The van der Waals surface area contributed by atoms with Gasteiger partial charge in [-0.05, 0) is 41.9 Å². The van der Waals surface area contributed by atoms with Gasteiger partial charge in [-0.1, -0.05) is 97.9 Å². The van der Waals surface area contributed by atoms with E-state index in [-0.39, 0.29) is 28.8 Å². The van der Waals surface area contributed by atoms with Crippen LogP contribution in [0.5, 0.6) is 0 Å². The summed E-state index contributed by atoms with van der Waals surface area (Å²) in [5.74, 6) is 1.19. The van der Waals surface area contributed by atoms with Crippen molar-refractivity contribution in [3.8, 4) is 0 Å². The Kier molecular flexibility index (Phi) is 8.10. The van der Waals surface area contributed by atoms with Crippen LogP contribution in [0.25, 0.3) is 0 Å². The molecule has 1 fully saturated rings. The summed E-state index contributed by atoms with van der Waals surface area (Å²) in [6.07, 6.45) is 8.30. The van der Waals surface area contributed by atoms with Gasteiger partial charge in [0.05, 0.1) is 0 Å². The number of nitrogens with two attached hydrogens (primary N) is 1. The molecule has 0 saturated heterocycles. The molecule has 1 heterocycles. The van der Waals surface area contributed by atoms with Gasteiger partial charge >= 0.3 is 0 Å². The fraction of sp³-hybridized carbons (Fsp3) is 0.290. The smallest absolute Gasteiger partial charge is 0.256 e. The maximum Gasteiger partial charge on any atom is 0.256 e.